The summed E-state index contributed by atoms with van der Waals surface area (Å²) < 4.78 is 17.2. The molecule has 0 spiro atoms. The van der Waals surface area contributed by atoms with Gasteiger partial charge in [-0.25, -0.2) is 4.39 Å². The number of rotatable bonds is 6. The van der Waals surface area contributed by atoms with Crippen molar-refractivity contribution < 1.29 is 18.7 Å². The van der Waals surface area contributed by atoms with Crippen LogP contribution in [0.5, 0.6) is 0 Å². The van der Waals surface area contributed by atoms with Gasteiger partial charge in [0.25, 0.3) is 0 Å². The molecule has 0 aliphatic heterocycles. The Kier molecular flexibility index (Phi) is 5.49. The largest absolute Gasteiger partial charge is 0.469 e. The number of Topliss-reactive ketones (excluding diaryl/α,β-unsaturated/α-hetero) is 1. The molecule has 4 heteroatoms. The molecule has 0 saturated heterocycles. The van der Waals surface area contributed by atoms with Crippen molar-refractivity contribution in [2.45, 2.75) is 26.2 Å². The van der Waals surface area contributed by atoms with E-state index in [0.29, 0.717) is 24.8 Å². The van der Waals surface area contributed by atoms with Gasteiger partial charge in [-0.3, -0.25) is 9.59 Å². The highest BCUT2D eigenvalue weighted by Crippen LogP contribution is 2.14. The van der Waals surface area contributed by atoms with Crippen LogP contribution in [-0.4, -0.2) is 18.9 Å². The van der Waals surface area contributed by atoms with Gasteiger partial charge in [0.1, 0.15) is 5.82 Å². The molecule has 1 aromatic rings. The van der Waals surface area contributed by atoms with Gasteiger partial charge in [-0.05, 0) is 36.6 Å². The molecule has 0 radical (unpaired) electrons. The minimum atomic E-state index is -0.356. The molecule has 3 nitrogen and oxygen atoms in total. The predicted octanol–water partition coefficient (Wildman–Crippen LogP) is 2.99. The molecule has 0 aliphatic rings. The molecular formula is C14H17FO3. The summed E-state index contributed by atoms with van der Waals surface area (Å²) in [5.41, 5.74) is 0.502. The molecule has 1 rings (SSSR count). The van der Waals surface area contributed by atoms with Gasteiger partial charge in [-0.2, -0.15) is 0 Å². The summed E-state index contributed by atoms with van der Waals surface area (Å²) in [6, 6.07) is 5.49. The highest BCUT2D eigenvalue weighted by atomic mass is 19.1. The summed E-state index contributed by atoms with van der Waals surface area (Å²) in [6.45, 7) is 1.90. The molecule has 0 fully saturated rings. The SMILES string of the molecule is COC(=O)CC(C)CCC(=O)c1ccc(F)cc1. The Morgan fingerprint density at radius 1 is 1.28 bits per heavy atom. The number of halogens is 1. The molecule has 0 aliphatic carbocycles. The third kappa shape index (κ3) is 4.65. The van der Waals surface area contributed by atoms with E-state index in [0.717, 1.165) is 0 Å². The van der Waals surface area contributed by atoms with E-state index in [-0.39, 0.29) is 23.5 Å². The molecule has 0 amide bonds. The van der Waals surface area contributed by atoms with Gasteiger partial charge in [-0.1, -0.05) is 6.92 Å². The van der Waals surface area contributed by atoms with Gasteiger partial charge >= 0.3 is 5.97 Å². The van der Waals surface area contributed by atoms with E-state index in [1.807, 2.05) is 6.92 Å². The lowest BCUT2D eigenvalue weighted by Gasteiger charge is -2.09. The van der Waals surface area contributed by atoms with Gasteiger partial charge in [0.05, 0.1) is 7.11 Å². The fourth-order valence-corrected chi connectivity index (χ4v) is 1.63. The van der Waals surface area contributed by atoms with Crippen molar-refractivity contribution in [1.29, 1.82) is 0 Å². The van der Waals surface area contributed by atoms with Crippen LogP contribution in [0.25, 0.3) is 0 Å². The average Bonchev–Trinajstić information content (AvgIpc) is 2.36. The van der Waals surface area contributed by atoms with Crippen LogP contribution in [0.1, 0.15) is 36.5 Å². The number of hydrogen-bond acceptors (Lipinski definition) is 3. The number of carbonyl (C=O) groups excluding carboxylic acids is 2. The van der Waals surface area contributed by atoms with Crippen molar-refractivity contribution in [1.82, 2.24) is 0 Å². The van der Waals surface area contributed by atoms with Crippen LogP contribution < -0.4 is 0 Å². The second kappa shape index (κ2) is 6.89. The van der Waals surface area contributed by atoms with Crippen LogP contribution in [-0.2, 0) is 9.53 Å². The van der Waals surface area contributed by atoms with Crippen molar-refractivity contribution in [2.24, 2.45) is 5.92 Å². The van der Waals surface area contributed by atoms with E-state index in [2.05, 4.69) is 4.74 Å². The van der Waals surface area contributed by atoms with Gasteiger partial charge < -0.3 is 4.74 Å². The molecule has 1 aromatic carbocycles. The maximum atomic E-state index is 12.7. The molecule has 0 heterocycles. The summed E-state index contributed by atoms with van der Waals surface area (Å²) >= 11 is 0. The second-order valence-corrected chi connectivity index (χ2v) is 4.35. The number of methoxy groups -OCH3 is 1. The smallest absolute Gasteiger partial charge is 0.305 e. The maximum absolute atomic E-state index is 12.7. The molecular weight excluding hydrogens is 235 g/mol. The minimum Gasteiger partial charge on any atom is -0.469 e. The summed E-state index contributed by atoms with van der Waals surface area (Å²) in [7, 11) is 1.35. The van der Waals surface area contributed by atoms with E-state index in [1.54, 1.807) is 0 Å². The van der Waals surface area contributed by atoms with Crippen molar-refractivity contribution in [3.8, 4) is 0 Å². The molecule has 18 heavy (non-hydrogen) atoms. The third-order valence-electron chi connectivity index (χ3n) is 2.77. The first kappa shape index (κ1) is 14.4. The van der Waals surface area contributed by atoms with Crippen LogP contribution >= 0.6 is 0 Å². The first-order valence-electron chi connectivity index (χ1n) is 5.88. The Morgan fingerprint density at radius 2 is 1.89 bits per heavy atom. The number of ether oxygens (including phenoxy) is 1. The fraction of sp³-hybridized carbons (Fsp3) is 0.429. The molecule has 98 valence electrons. The van der Waals surface area contributed by atoms with E-state index in [1.165, 1.54) is 31.4 Å². The maximum Gasteiger partial charge on any atom is 0.305 e. The van der Waals surface area contributed by atoms with Crippen molar-refractivity contribution >= 4 is 11.8 Å². The van der Waals surface area contributed by atoms with Gasteiger partial charge in [0, 0.05) is 18.4 Å². The first-order chi connectivity index (χ1) is 8.52. The Hall–Kier alpha value is -1.71. The lowest BCUT2D eigenvalue weighted by molar-refractivity contribution is -0.141. The summed E-state index contributed by atoms with van der Waals surface area (Å²) in [5, 5.41) is 0. The number of esters is 1. The van der Waals surface area contributed by atoms with Crippen LogP contribution in [0.3, 0.4) is 0 Å². The molecule has 1 unspecified atom stereocenters. The number of benzene rings is 1. The Morgan fingerprint density at radius 3 is 2.44 bits per heavy atom. The van der Waals surface area contributed by atoms with Crippen molar-refractivity contribution in [3.05, 3.63) is 35.6 Å². The number of ketones is 1. The standard InChI is InChI=1S/C14H17FO3/c1-10(9-14(17)18-2)3-8-13(16)11-4-6-12(15)7-5-11/h4-7,10H,3,8-9H2,1-2H3. The van der Waals surface area contributed by atoms with Gasteiger partial charge in [-0.15, -0.1) is 0 Å². The van der Waals surface area contributed by atoms with E-state index in [9.17, 15) is 14.0 Å². The zero-order chi connectivity index (χ0) is 13.5. The lowest BCUT2D eigenvalue weighted by Crippen LogP contribution is -2.09. The summed E-state index contributed by atoms with van der Waals surface area (Å²) in [4.78, 5) is 22.8. The molecule has 0 N–H and O–H groups in total. The molecule has 0 aromatic heterocycles. The zero-order valence-corrected chi connectivity index (χ0v) is 10.6. The highest BCUT2D eigenvalue weighted by molar-refractivity contribution is 5.95. The second-order valence-electron chi connectivity index (χ2n) is 4.35. The summed E-state index contributed by atoms with van der Waals surface area (Å²) in [5.74, 6) is -0.559. The third-order valence-corrected chi connectivity index (χ3v) is 2.77. The monoisotopic (exact) mass is 252 g/mol. The normalized spacial score (nSPS) is 11.9. The minimum absolute atomic E-state index is 0.0354. The number of hydrogen-bond donors (Lipinski definition) is 0. The summed E-state index contributed by atoms with van der Waals surface area (Å²) in [6.07, 6.45) is 1.28. The highest BCUT2D eigenvalue weighted by Gasteiger charge is 2.12. The fourth-order valence-electron chi connectivity index (χ4n) is 1.63. The number of carbonyl (C=O) groups is 2. The Balaban J connectivity index is 2.41. The molecule has 1 atom stereocenters. The topological polar surface area (TPSA) is 43.4 Å². The lowest BCUT2D eigenvalue weighted by atomic mass is 9.97. The van der Waals surface area contributed by atoms with Crippen LogP contribution in [0.15, 0.2) is 24.3 Å². The van der Waals surface area contributed by atoms with E-state index in [4.69, 9.17) is 0 Å². The first-order valence-corrected chi connectivity index (χ1v) is 5.88. The van der Waals surface area contributed by atoms with Gasteiger partial charge in [0.15, 0.2) is 5.78 Å². The van der Waals surface area contributed by atoms with Gasteiger partial charge in [0.2, 0.25) is 0 Å². The van der Waals surface area contributed by atoms with Crippen LogP contribution in [0.4, 0.5) is 4.39 Å². The van der Waals surface area contributed by atoms with Crippen LogP contribution in [0, 0.1) is 11.7 Å². The average molecular weight is 252 g/mol. The molecule has 0 bridgehead atoms. The Bertz CT molecular complexity index is 412. The predicted molar refractivity (Wildman–Crippen MR) is 65.8 cm³/mol. The van der Waals surface area contributed by atoms with E-state index >= 15 is 0 Å². The Labute approximate surface area is 106 Å². The molecule has 0 saturated carbocycles. The quantitative estimate of drug-likeness (QED) is 0.577. The van der Waals surface area contributed by atoms with E-state index < -0.39 is 0 Å². The van der Waals surface area contributed by atoms with Crippen molar-refractivity contribution in [2.75, 3.05) is 7.11 Å². The van der Waals surface area contributed by atoms with Crippen LogP contribution in [0.2, 0.25) is 0 Å². The van der Waals surface area contributed by atoms with Crippen molar-refractivity contribution in [3.63, 3.8) is 0 Å². The zero-order valence-electron chi connectivity index (χ0n) is 10.6.